The maximum Gasteiger partial charge on any atom is 0.100 e. The molecule has 1 aliphatic rings. The summed E-state index contributed by atoms with van der Waals surface area (Å²) < 4.78 is 2.55. The van der Waals surface area contributed by atoms with Gasteiger partial charge in [-0.3, -0.25) is 0 Å². The van der Waals surface area contributed by atoms with E-state index in [1.54, 1.807) is 0 Å². The van der Waals surface area contributed by atoms with Gasteiger partial charge in [0, 0.05) is 36.9 Å². The molecule has 0 spiro atoms. The van der Waals surface area contributed by atoms with Crippen molar-refractivity contribution >= 4 is 74.6 Å². The molecule has 1 atom stereocenters. The van der Waals surface area contributed by atoms with Gasteiger partial charge in [-0.15, -0.1) is 11.3 Å². The van der Waals surface area contributed by atoms with Gasteiger partial charge < -0.3 is 0 Å². The molecule has 1 heterocycles. The van der Waals surface area contributed by atoms with E-state index >= 15 is 0 Å². The molecular formula is C47H29NS. The minimum Gasteiger partial charge on any atom is -0.192 e. The number of allylic oxidation sites excluding steroid dienone is 4. The van der Waals surface area contributed by atoms with E-state index in [9.17, 15) is 5.26 Å². The van der Waals surface area contributed by atoms with E-state index in [1.807, 2.05) is 23.5 Å². The quantitative estimate of drug-likeness (QED) is 0.176. The monoisotopic (exact) mass is 639 g/mol. The van der Waals surface area contributed by atoms with Gasteiger partial charge in [-0.1, -0.05) is 146 Å². The fourth-order valence-corrected chi connectivity index (χ4v) is 9.57. The Labute approximate surface area is 288 Å². The van der Waals surface area contributed by atoms with Gasteiger partial charge in [0.05, 0.1) is 5.56 Å². The number of fused-ring (bicyclic) bond motifs is 7. The first-order valence-corrected chi connectivity index (χ1v) is 17.7. The van der Waals surface area contributed by atoms with Crippen LogP contribution in [-0.2, 0) is 0 Å². The standard InChI is InChI=1S/C47H29NS/c48-28-41-31-15-4-6-17-33(31)46(34-18-7-5-16-32(34)41)40-23-12-24-42-47(40)39-26-25-30(27-43(39)49-42)45-37-21-10-8-19-35(37)44(29-13-2-1-3-14-29)36-20-9-11-22-38(36)45/h1-13,15-27,29H,14H2. The SMILES string of the molecule is N#Cc1c2ccccc2c(-c2cccc3sc4cc(-c5c6ccccc6c(C6C=CC=CC6)c6ccccc56)ccc4c23)c2ccccc12. The zero-order chi connectivity index (χ0) is 32.5. The van der Waals surface area contributed by atoms with Gasteiger partial charge in [0.15, 0.2) is 0 Å². The molecule has 0 bridgehead atoms. The topological polar surface area (TPSA) is 23.8 Å². The van der Waals surface area contributed by atoms with Crippen molar-refractivity contribution in [1.29, 1.82) is 5.26 Å². The lowest BCUT2D eigenvalue weighted by molar-refractivity contribution is 0.870. The number of hydrogen-bond donors (Lipinski definition) is 0. The first-order valence-electron chi connectivity index (χ1n) is 16.9. The number of rotatable bonds is 3. The van der Waals surface area contributed by atoms with E-state index in [-0.39, 0.29) is 0 Å². The Hall–Kier alpha value is -6.01. The zero-order valence-electron chi connectivity index (χ0n) is 26.7. The highest BCUT2D eigenvalue weighted by Gasteiger charge is 2.22. The smallest absolute Gasteiger partial charge is 0.100 e. The fraction of sp³-hybridized carbons (Fsp3) is 0.0426. The summed E-state index contributed by atoms with van der Waals surface area (Å²) >= 11 is 1.87. The van der Waals surface area contributed by atoms with Crippen LogP contribution >= 0.6 is 11.3 Å². The summed E-state index contributed by atoms with van der Waals surface area (Å²) in [5, 5.41) is 22.3. The number of hydrogen-bond acceptors (Lipinski definition) is 2. The van der Waals surface area contributed by atoms with Gasteiger partial charge in [-0.25, -0.2) is 0 Å². The van der Waals surface area contributed by atoms with E-state index in [2.05, 4.69) is 152 Å². The number of benzene rings is 8. The van der Waals surface area contributed by atoms with E-state index in [1.165, 1.54) is 69.5 Å². The van der Waals surface area contributed by atoms with Crippen molar-refractivity contribution in [2.75, 3.05) is 0 Å². The minimum absolute atomic E-state index is 0.353. The molecule has 10 rings (SSSR count). The lowest BCUT2D eigenvalue weighted by Crippen LogP contribution is -2.00. The molecule has 1 aromatic heterocycles. The van der Waals surface area contributed by atoms with Gasteiger partial charge in [0.2, 0.25) is 0 Å². The molecule has 1 nitrogen and oxygen atoms in total. The van der Waals surface area contributed by atoms with Gasteiger partial charge in [0.1, 0.15) is 6.07 Å². The van der Waals surface area contributed by atoms with E-state index in [0.29, 0.717) is 5.92 Å². The largest absolute Gasteiger partial charge is 0.192 e. The van der Waals surface area contributed by atoms with E-state index in [0.717, 1.165) is 33.5 Å². The molecule has 0 N–H and O–H groups in total. The average molecular weight is 640 g/mol. The van der Waals surface area contributed by atoms with Crippen molar-refractivity contribution in [3.63, 3.8) is 0 Å². The van der Waals surface area contributed by atoms with Gasteiger partial charge in [-0.2, -0.15) is 5.26 Å². The second kappa shape index (κ2) is 11.0. The Morgan fingerprint density at radius 1 is 0.531 bits per heavy atom. The molecule has 1 unspecified atom stereocenters. The summed E-state index contributed by atoms with van der Waals surface area (Å²) in [7, 11) is 0. The van der Waals surface area contributed by atoms with Crippen LogP contribution in [0.3, 0.4) is 0 Å². The Morgan fingerprint density at radius 3 is 1.71 bits per heavy atom. The summed E-state index contributed by atoms with van der Waals surface area (Å²) in [6, 6.07) is 51.0. The summed E-state index contributed by atoms with van der Waals surface area (Å²) in [6.07, 6.45) is 10.0. The lowest BCUT2D eigenvalue weighted by Gasteiger charge is -2.22. The third-order valence-electron chi connectivity index (χ3n) is 10.4. The highest BCUT2D eigenvalue weighted by molar-refractivity contribution is 7.26. The third kappa shape index (κ3) is 4.16. The number of nitriles is 1. The van der Waals surface area contributed by atoms with Crippen LogP contribution in [0, 0.1) is 11.3 Å². The van der Waals surface area contributed by atoms with Crippen LogP contribution < -0.4 is 0 Å². The molecule has 0 saturated carbocycles. The molecule has 0 saturated heterocycles. The van der Waals surface area contributed by atoms with Crippen molar-refractivity contribution in [2.45, 2.75) is 12.3 Å². The van der Waals surface area contributed by atoms with Crippen LogP contribution in [0.4, 0.5) is 0 Å². The fourth-order valence-electron chi connectivity index (χ4n) is 8.40. The van der Waals surface area contributed by atoms with Gasteiger partial charge in [-0.05, 0) is 78.7 Å². The van der Waals surface area contributed by atoms with Crippen molar-refractivity contribution in [3.05, 3.63) is 169 Å². The molecule has 0 fully saturated rings. The van der Waals surface area contributed by atoms with Crippen LogP contribution in [-0.4, -0.2) is 0 Å². The van der Waals surface area contributed by atoms with E-state index in [4.69, 9.17) is 0 Å². The lowest BCUT2D eigenvalue weighted by atomic mass is 9.81. The van der Waals surface area contributed by atoms with Crippen molar-refractivity contribution < 1.29 is 0 Å². The second-order valence-electron chi connectivity index (χ2n) is 13.0. The summed E-state index contributed by atoms with van der Waals surface area (Å²) in [5.41, 5.74) is 7.11. The zero-order valence-corrected chi connectivity index (χ0v) is 27.5. The molecule has 228 valence electrons. The molecular weight excluding hydrogens is 611 g/mol. The molecule has 0 radical (unpaired) electrons. The number of thiophene rings is 1. The Morgan fingerprint density at radius 2 is 1.12 bits per heavy atom. The molecule has 0 amide bonds. The Kier molecular flexibility index (Phi) is 6.31. The third-order valence-corrected chi connectivity index (χ3v) is 11.5. The molecule has 1 aliphatic carbocycles. The minimum atomic E-state index is 0.353. The van der Waals surface area contributed by atoms with E-state index < -0.39 is 0 Å². The van der Waals surface area contributed by atoms with Crippen LogP contribution in [0.5, 0.6) is 0 Å². The maximum absolute atomic E-state index is 10.3. The summed E-state index contributed by atoms with van der Waals surface area (Å²) in [6.45, 7) is 0. The molecule has 8 aromatic carbocycles. The van der Waals surface area contributed by atoms with Crippen molar-refractivity contribution in [2.24, 2.45) is 0 Å². The Bertz CT molecular complexity index is 2820. The predicted octanol–water partition coefficient (Wildman–Crippen LogP) is 13.5. The maximum atomic E-state index is 10.3. The van der Waals surface area contributed by atoms with Crippen LogP contribution in [0.2, 0.25) is 0 Å². The summed E-state index contributed by atoms with van der Waals surface area (Å²) in [5.74, 6) is 0.353. The normalized spacial score (nSPS) is 14.5. The first kappa shape index (κ1) is 28.0. The predicted molar refractivity (Wildman–Crippen MR) is 211 cm³/mol. The number of nitrogens with zero attached hydrogens (tertiary/aromatic N) is 1. The molecule has 0 aliphatic heterocycles. The molecule has 9 aromatic rings. The summed E-state index contributed by atoms with van der Waals surface area (Å²) in [4.78, 5) is 0. The van der Waals surface area contributed by atoms with Crippen LogP contribution in [0.15, 0.2) is 158 Å². The average Bonchev–Trinajstić information content (AvgIpc) is 3.54. The molecule has 2 heteroatoms. The highest BCUT2D eigenvalue weighted by Crippen LogP contribution is 2.48. The first-order chi connectivity index (χ1) is 24.3. The Balaban J connectivity index is 1.25. The van der Waals surface area contributed by atoms with Crippen LogP contribution in [0.25, 0.3) is 85.5 Å². The van der Waals surface area contributed by atoms with Crippen molar-refractivity contribution in [3.8, 4) is 28.3 Å². The second-order valence-corrected chi connectivity index (χ2v) is 14.1. The molecule has 49 heavy (non-hydrogen) atoms. The van der Waals surface area contributed by atoms with Crippen molar-refractivity contribution in [1.82, 2.24) is 0 Å². The van der Waals surface area contributed by atoms with Gasteiger partial charge >= 0.3 is 0 Å². The highest BCUT2D eigenvalue weighted by atomic mass is 32.1. The van der Waals surface area contributed by atoms with Gasteiger partial charge in [0.25, 0.3) is 0 Å². The van der Waals surface area contributed by atoms with Crippen LogP contribution in [0.1, 0.15) is 23.5 Å².